The smallest absolute Gasteiger partial charge is 0.374 e. The van der Waals surface area contributed by atoms with Gasteiger partial charge in [-0.25, -0.2) is 9.59 Å². The molecular formula is C36H51NO6. The first kappa shape index (κ1) is 35.6. The van der Waals surface area contributed by atoms with E-state index in [1.165, 1.54) is 31.2 Å². The number of esters is 2. The second-order valence-electron chi connectivity index (χ2n) is 10.8. The number of unbranched alkanes of at least 4 members (excludes halogenated alkanes) is 10. The molecule has 1 N–H and O–H groups in total. The van der Waals surface area contributed by atoms with Gasteiger partial charge in [0.1, 0.15) is 0 Å². The number of hydrogen-bond acceptors (Lipinski definition) is 6. The minimum Gasteiger partial charge on any atom is -0.462 e. The van der Waals surface area contributed by atoms with Crippen LogP contribution in [0, 0.1) is 0 Å². The Hall–Kier alpha value is -3.61. The molecule has 0 atom stereocenters. The summed E-state index contributed by atoms with van der Waals surface area (Å²) in [6.45, 7) is 6.91. The molecular weight excluding hydrogens is 542 g/mol. The van der Waals surface area contributed by atoms with Gasteiger partial charge in [0.2, 0.25) is 5.76 Å². The molecule has 2 aromatic carbocycles. The van der Waals surface area contributed by atoms with Crippen LogP contribution in [0.2, 0.25) is 0 Å². The van der Waals surface area contributed by atoms with Crippen LogP contribution in [0.3, 0.4) is 0 Å². The maximum atomic E-state index is 13.1. The van der Waals surface area contributed by atoms with E-state index in [1.54, 1.807) is 24.3 Å². The topological polar surface area (TPSA) is 90.9 Å². The van der Waals surface area contributed by atoms with Crippen LogP contribution >= 0.6 is 0 Å². The summed E-state index contributed by atoms with van der Waals surface area (Å²) >= 11 is 0. The van der Waals surface area contributed by atoms with Gasteiger partial charge in [-0.1, -0.05) is 109 Å². The zero-order valence-electron chi connectivity index (χ0n) is 26.5. The van der Waals surface area contributed by atoms with Crippen LogP contribution in [0.25, 0.3) is 0 Å². The van der Waals surface area contributed by atoms with Crippen molar-refractivity contribution >= 4 is 23.5 Å². The third-order valence-electron chi connectivity index (χ3n) is 7.06. The average Bonchev–Trinajstić information content (AvgIpc) is 3.01. The predicted octanol–water partition coefficient (Wildman–Crippen LogP) is 8.96. The van der Waals surface area contributed by atoms with E-state index in [2.05, 4.69) is 26.1 Å². The number of anilines is 1. The molecule has 2 rings (SSSR count). The lowest BCUT2D eigenvalue weighted by atomic mass is 10.0. The molecule has 236 valence electrons. The SMILES string of the molecule is CCCCCCCc1ccc(C(=O)Nc2ccccc2O/C(=C\C(=O)OCCCCCC)C(=O)OCCCCCC)cc1. The minimum absolute atomic E-state index is 0.212. The zero-order valence-corrected chi connectivity index (χ0v) is 26.5. The zero-order chi connectivity index (χ0) is 31.1. The molecule has 0 aliphatic heterocycles. The van der Waals surface area contributed by atoms with Crippen molar-refractivity contribution in [2.75, 3.05) is 18.5 Å². The molecule has 0 saturated carbocycles. The van der Waals surface area contributed by atoms with Gasteiger partial charge >= 0.3 is 11.9 Å². The summed E-state index contributed by atoms with van der Waals surface area (Å²) in [6.07, 6.45) is 15.8. The van der Waals surface area contributed by atoms with Gasteiger partial charge in [0.25, 0.3) is 5.91 Å². The number of benzene rings is 2. The van der Waals surface area contributed by atoms with E-state index in [9.17, 15) is 14.4 Å². The normalized spacial score (nSPS) is 11.2. The summed E-state index contributed by atoms with van der Waals surface area (Å²) < 4.78 is 16.6. The Balaban J connectivity index is 2.09. The van der Waals surface area contributed by atoms with Gasteiger partial charge in [-0.15, -0.1) is 0 Å². The van der Waals surface area contributed by atoms with Crippen LogP contribution < -0.4 is 10.1 Å². The van der Waals surface area contributed by atoms with Crippen molar-refractivity contribution < 1.29 is 28.6 Å². The second kappa shape index (κ2) is 22.0. The van der Waals surface area contributed by atoms with Crippen molar-refractivity contribution in [1.29, 1.82) is 0 Å². The number of para-hydroxylation sites is 2. The van der Waals surface area contributed by atoms with Crippen LogP contribution in [0.5, 0.6) is 5.75 Å². The fraction of sp³-hybridized carbons (Fsp3) is 0.528. The lowest BCUT2D eigenvalue weighted by molar-refractivity contribution is -0.143. The molecule has 0 bridgehead atoms. The summed E-state index contributed by atoms with van der Waals surface area (Å²) in [4.78, 5) is 38.5. The summed E-state index contributed by atoms with van der Waals surface area (Å²) in [6, 6.07) is 14.4. The highest BCUT2D eigenvalue weighted by Gasteiger charge is 2.19. The Bertz CT molecular complexity index is 1120. The van der Waals surface area contributed by atoms with Crippen LogP contribution in [-0.4, -0.2) is 31.1 Å². The monoisotopic (exact) mass is 593 g/mol. The Morgan fingerprint density at radius 3 is 1.91 bits per heavy atom. The highest BCUT2D eigenvalue weighted by Crippen LogP contribution is 2.27. The van der Waals surface area contributed by atoms with Crippen molar-refractivity contribution in [1.82, 2.24) is 0 Å². The van der Waals surface area contributed by atoms with Crippen LogP contribution in [0.1, 0.15) is 120 Å². The molecule has 2 aromatic rings. The second-order valence-corrected chi connectivity index (χ2v) is 10.8. The molecule has 1 amide bonds. The fourth-order valence-corrected chi connectivity index (χ4v) is 4.47. The number of nitrogens with one attached hydrogen (secondary N) is 1. The van der Waals surface area contributed by atoms with Gasteiger partial charge in [0.15, 0.2) is 5.75 Å². The van der Waals surface area contributed by atoms with Crippen molar-refractivity contribution in [3.05, 3.63) is 71.5 Å². The Morgan fingerprint density at radius 2 is 1.26 bits per heavy atom. The van der Waals surface area contributed by atoms with Gasteiger partial charge in [0.05, 0.1) is 25.0 Å². The molecule has 0 unspecified atom stereocenters. The van der Waals surface area contributed by atoms with Crippen molar-refractivity contribution in [2.24, 2.45) is 0 Å². The van der Waals surface area contributed by atoms with Gasteiger partial charge in [-0.3, -0.25) is 4.79 Å². The van der Waals surface area contributed by atoms with Gasteiger partial charge < -0.3 is 19.5 Å². The molecule has 0 saturated heterocycles. The van der Waals surface area contributed by atoms with E-state index in [0.29, 0.717) is 11.3 Å². The summed E-state index contributed by atoms with van der Waals surface area (Å²) in [5, 5.41) is 2.87. The lowest BCUT2D eigenvalue weighted by Crippen LogP contribution is -2.18. The summed E-state index contributed by atoms with van der Waals surface area (Å²) in [5.74, 6) is -1.82. The highest BCUT2D eigenvalue weighted by molar-refractivity contribution is 6.05. The number of hydrogen-bond donors (Lipinski definition) is 1. The first-order valence-electron chi connectivity index (χ1n) is 16.2. The van der Waals surface area contributed by atoms with Crippen molar-refractivity contribution in [2.45, 2.75) is 111 Å². The molecule has 43 heavy (non-hydrogen) atoms. The predicted molar refractivity (Wildman–Crippen MR) is 172 cm³/mol. The Morgan fingerprint density at radius 1 is 0.674 bits per heavy atom. The minimum atomic E-state index is -0.758. The maximum Gasteiger partial charge on any atom is 0.374 e. The molecule has 7 heteroatoms. The number of ether oxygens (including phenoxy) is 3. The molecule has 0 aromatic heterocycles. The van der Waals surface area contributed by atoms with Crippen molar-refractivity contribution in [3.63, 3.8) is 0 Å². The molecule has 0 spiro atoms. The summed E-state index contributed by atoms with van der Waals surface area (Å²) in [5.41, 5.74) is 2.08. The third-order valence-corrected chi connectivity index (χ3v) is 7.06. The largest absolute Gasteiger partial charge is 0.462 e. The van der Waals surface area contributed by atoms with Crippen LogP contribution in [-0.2, 0) is 25.5 Å². The Labute approximate surface area is 258 Å². The molecule has 0 aliphatic carbocycles. The quantitative estimate of drug-likeness (QED) is 0.0634. The highest BCUT2D eigenvalue weighted by atomic mass is 16.6. The van der Waals surface area contributed by atoms with Crippen LogP contribution in [0.4, 0.5) is 5.69 Å². The third kappa shape index (κ3) is 14.9. The summed E-state index contributed by atoms with van der Waals surface area (Å²) in [7, 11) is 0. The van der Waals surface area contributed by atoms with Crippen molar-refractivity contribution in [3.8, 4) is 5.75 Å². The number of carbonyl (C=O) groups excluding carboxylic acids is 3. The van der Waals surface area contributed by atoms with E-state index in [0.717, 1.165) is 70.3 Å². The molecule has 7 nitrogen and oxygen atoms in total. The van der Waals surface area contributed by atoms with E-state index < -0.39 is 11.9 Å². The molecule has 0 fully saturated rings. The lowest BCUT2D eigenvalue weighted by Gasteiger charge is -2.14. The van der Waals surface area contributed by atoms with E-state index in [4.69, 9.17) is 14.2 Å². The van der Waals surface area contributed by atoms with Gasteiger partial charge in [0, 0.05) is 5.56 Å². The maximum absolute atomic E-state index is 13.1. The molecule has 0 radical (unpaired) electrons. The Kier molecular flexibility index (Phi) is 18.2. The van der Waals surface area contributed by atoms with Gasteiger partial charge in [-0.05, 0) is 55.5 Å². The van der Waals surface area contributed by atoms with E-state index >= 15 is 0 Å². The first-order valence-corrected chi connectivity index (χ1v) is 16.2. The first-order chi connectivity index (χ1) is 21.0. The van der Waals surface area contributed by atoms with Gasteiger partial charge in [-0.2, -0.15) is 0 Å². The number of aryl methyl sites for hydroxylation is 1. The number of carbonyl (C=O) groups is 3. The molecule has 0 aliphatic rings. The fourth-order valence-electron chi connectivity index (χ4n) is 4.47. The van der Waals surface area contributed by atoms with E-state index in [1.807, 2.05) is 24.3 Å². The standard InChI is InChI=1S/C36H51NO6/c1-4-7-10-13-14-19-29-22-24-30(25-23-29)35(39)37-31-20-15-16-21-32(31)43-33(36(40)42-27-18-12-9-6-3)28-34(38)41-26-17-11-8-5-2/h15-16,20-25,28H,4-14,17-19,26-27H2,1-3H3,(H,37,39)/b33-28-. The molecule has 0 heterocycles. The number of rotatable bonds is 22. The van der Waals surface area contributed by atoms with E-state index in [-0.39, 0.29) is 30.6 Å². The average molecular weight is 594 g/mol. The number of amides is 1. The van der Waals surface area contributed by atoms with Crippen LogP contribution in [0.15, 0.2) is 60.4 Å².